The minimum atomic E-state index is -0.570. The summed E-state index contributed by atoms with van der Waals surface area (Å²) >= 11 is 0. The van der Waals surface area contributed by atoms with Crippen molar-refractivity contribution in [3.63, 3.8) is 0 Å². The fourth-order valence-electron chi connectivity index (χ4n) is 1.94. The van der Waals surface area contributed by atoms with Gasteiger partial charge in [-0.1, -0.05) is 5.16 Å². The minimum absolute atomic E-state index is 0.0418. The van der Waals surface area contributed by atoms with Gasteiger partial charge in [-0.05, 0) is 12.8 Å². The molecule has 0 amide bonds. The number of anilines is 1. The maximum Gasteiger partial charge on any atom is 0.312 e. The average molecular weight is 281 g/mol. The third kappa shape index (κ3) is 3.12. The van der Waals surface area contributed by atoms with E-state index in [0.29, 0.717) is 13.2 Å². The summed E-state index contributed by atoms with van der Waals surface area (Å²) in [5, 5.41) is 25.3. The van der Waals surface area contributed by atoms with Crippen molar-refractivity contribution in [2.45, 2.75) is 18.9 Å². The molecule has 0 bridgehead atoms. The van der Waals surface area contributed by atoms with E-state index in [1.165, 1.54) is 12.3 Å². The molecule has 0 saturated carbocycles. The number of pyridine rings is 1. The number of nitrogens with one attached hydrogen (secondary N) is 1. The first-order chi connectivity index (χ1) is 9.61. The maximum atomic E-state index is 11.0. The van der Waals surface area contributed by atoms with Crippen LogP contribution < -0.4 is 11.1 Å². The Morgan fingerprint density at radius 2 is 2.55 bits per heavy atom. The molecule has 20 heavy (non-hydrogen) atoms. The highest BCUT2D eigenvalue weighted by atomic mass is 16.6. The summed E-state index contributed by atoms with van der Waals surface area (Å²) in [7, 11) is 0. The van der Waals surface area contributed by atoms with Crippen molar-refractivity contribution in [3.05, 3.63) is 27.9 Å². The number of amidine groups is 1. The Bertz CT molecular complexity index is 528. The van der Waals surface area contributed by atoms with E-state index in [-0.39, 0.29) is 29.0 Å². The molecule has 0 aliphatic carbocycles. The maximum absolute atomic E-state index is 11.0. The summed E-state index contributed by atoms with van der Waals surface area (Å²) in [6, 6.07) is 1.21. The molecule has 9 nitrogen and oxygen atoms in total. The third-order valence-corrected chi connectivity index (χ3v) is 2.99. The molecule has 0 spiro atoms. The van der Waals surface area contributed by atoms with E-state index in [0.717, 1.165) is 12.8 Å². The first-order valence-corrected chi connectivity index (χ1v) is 6.09. The minimum Gasteiger partial charge on any atom is -0.409 e. The van der Waals surface area contributed by atoms with Crippen LogP contribution in [0.1, 0.15) is 18.4 Å². The van der Waals surface area contributed by atoms with E-state index >= 15 is 0 Å². The molecule has 0 radical (unpaired) electrons. The number of hydrogen-bond acceptors (Lipinski definition) is 7. The lowest BCUT2D eigenvalue weighted by molar-refractivity contribution is -0.384. The van der Waals surface area contributed by atoms with Gasteiger partial charge >= 0.3 is 5.69 Å². The summed E-state index contributed by atoms with van der Waals surface area (Å²) in [5.74, 6) is -0.0914. The second-order valence-electron chi connectivity index (χ2n) is 4.35. The molecule has 2 rings (SSSR count). The predicted octanol–water partition coefficient (Wildman–Crippen LogP) is 0.675. The van der Waals surface area contributed by atoms with Crippen molar-refractivity contribution >= 4 is 17.3 Å². The van der Waals surface area contributed by atoms with Crippen LogP contribution in [-0.4, -0.2) is 40.2 Å². The molecule has 1 aromatic rings. The molecule has 108 valence electrons. The highest BCUT2D eigenvalue weighted by Crippen LogP contribution is 2.23. The standard InChI is InChI=1S/C11H15N5O4/c12-10(15-17)7-4-9(16(18)19)11(13-5-7)14-6-8-2-1-3-20-8/h4-5,8,17H,1-3,6H2,(H2,12,15)(H,13,14). The van der Waals surface area contributed by atoms with E-state index in [2.05, 4.69) is 15.5 Å². The van der Waals surface area contributed by atoms with Crippen LogP contribution in [0.2, 0.25) is 0 Å². The normalized spacial score (nSPS) is 19.0. The molecule has 9 heteroatoms. The SMILES string of the molecule is NC(=NO)c1cnc(NCC2CCCO2)c([N+](=O)[O-])c1. The zero-order valence-corrected chi connectivity index (χ0v) is 10.7. The topological polar surface area (TPSA) is 136 Å². The number of rotatable bonds is 5. The zero-order valence-electron chi connectivity index (χ0n) is 10.7. The summed E-state index contributed by atoms with van der Waals surface area (Å²) < 4.78 is 5.42. The van der Waals surface area contributed by atoms with E-state index in [9.17, 15) is 10.1 Å². The van der Waals surface area contributed by atoms with Crippen LogP contribution in [0.15, 0.2) is 17.4 Å². The van der Waals surface area contributed by atoms with Gasteiger partial charge in [0.2, 0.25) is 5.82 Å². The molecule has 1 fully saturated rings. The molecule has 1 atom stereocenters. The first kappa shape index (κ1) is 14.0. The fraction of sp³-hybridized carbons (Fsp3) is 0.455. The number of hydrogen-bond donors (Lipinski definition) is 3. The quantitative estimate of drug-likeness (QED) is 0.237. The number of nitro groups is 1. The predicted molar refractivity (Wildman–Crippen MR) is 70.9 cm³/mol. The Labute approximate surface area is 114 Å². The zero-order chi connectivity index (χ0) is 14.5. The molecule has 1 aromatic heterocycles. The van der Waals surface area contributed by atoms with Crippen LogP contribution in [0, 0.1) is 10.1 Å². The molecule has 1 saturated heterocycles. The molecule has 1 aliphatic rings. The number of nitrogens with two attached hydrogens (primary N) is 1. The second kappa shape index (κ2) is 6.15. The Morgan fingerprint density at radius 1 is 1.75 bits per heavy atom. The van der Waals surface area contributed by atoms with Crippen molar-refractivity contribution in [2.75, 3.05) is 18.5 Å². The summed E-state index contributed by atoms with van der Waals surface area (Å²) in [5.41, 5.74) is 5.34. The third-order valence-electron chi connectivity index (χ3n) is 2.99. The lowest BCUT2D eigenvalue weighted by Gasteiger charge is -2.11. The lowest BCUT2D eigenvalue weighted by Crippen LogP contribution is -2.20. The average Bonchev–Trinajstić information content (AvgIpc) is 2.97. The fourth-order valence-corrected chi connectivity index (χ4v) is 1.94. The number of oxime groups is 1. The Hall–Kier alpha value is -2.42. The molecule has 0 aromatic carbocycles. The van der Waals surface area contributed by atoms with Gasteiger partial charge in [0.15, 0.2) is 5.84 Å². The largest absolute Gasteiger partial charge is 0.409 e. The van der Waals surface area contributed by atoms with Gasteiger partial charge in [0.1, 0.15) is 0 Å². The van der Waals surface area contributed by atoms with Crippen molar-refractivity contribution in [1.29, 1.82) is 0 Å². The number of aromatic nitrogens is 1. The van der Waals surface area contributed by atoms with Crippen molar-refractivity contribution in [2.24, 2.45) is 10.9 Å². The first-order valence-electron chi connectivity index (χ1n) is 6.09. The molecular formula is C11H15N5O4. The van der Waals surface area contributed by atoms with E-state index in [1.807, 2.05) is 0 Å². The lowest BCUT2D eigenvalue weighted by atomic mass is 10.2. The number of ether oxygens (including phenoxy) is 1. The van der Waals surface area contributed by atoms with Crippen LogP contribution in [-0.2, 0) is 4.74 Å². The Kier molecular flexibility index (Phi) is 4.31. The van der Waals surface area contributed by atoms with Crippen LogP contribution in [0.4, 0.5) is 11.5 Å². The highest BCUT2D eigenvalue weighted by Gasteiger charge is 2.20. The van der Waals surface area contributed by atoms with Gasteiger partial charge in [0.05, 0.1) is 11.0 Å². The highest BCUT2D eigenvalue weighted by molar-refractivity contribution is 5.97. The van der Waals surface area contributed by atoms with Crippen LogP contribution in [0.5, 0.6) is 0 Å². The van der Waals surface area contributed by atoms with Gasteiger partial charge in [-0.2, -0.15) is 0 Å². The van der Waals surface area contributed by atoms with Crippen LogP contribution >= 0.6 is 0 Å². The van der Waals surface area contributed by atoms with Crippen LogP contribution in [0.3, 0.4) is 0 Å². The van der Waals surface area contributed by atoms with Gasteiger partial charge in [-0.3, -0.25) is 10.1 Å². The molecular weight excluding hydrogens is 266 g/mol. The second-order valence-corrected chi connectivity index (χ2v) is 4.35. The van der Waals surface area contributed by atoms with E-state index < -0.39 is 4.92 Å². The van der Waals surface area contributed by atoms with E-state index in [1.54, 1.807) is 0 Å². The Morgan fingerprint density at radius 3 is 3.15 bits per heavy atom. The van der Waals surface area contributed by atoms with Gasteiger partial charge in [0, 0.05) is 31.0 Å². The van der Waals surface area contributed by atoms with Gasteiger partial charge in [0.25, 0.3) is 0 Å². The number of nitrogens with zero attached hydrogens (tertiary/aromatic N) is 3. The van der Waals surface area contributed by atoms with Crippen molar-refractivity contribution in [3.8, 4) is 0 Å². The Balaban J connectivity index is 2.16. The molecule has 1 aliphatic heterocycles. The summed E-state index contributed by atoms with van der Waals surface area (Å²) in [6.45, 7) is 1.17. The molecule has 1 unspecified atom stereocenters. The van der Waals surface area contributed by atoms with Gasteiger partial charge < -0.3 is 21.0 Å². The van der Waals surface area contributed by atoms with Crippen molar-refractivity contribution in [1.82, 2.24) is 4.98 Å². The monoisotopic (exact) mass is 281 g/mol. The van der Waals surface area contributed by atoms with Gasteiger partial charge in [-0.25, -0.2) is 4.98 Å². The molecule has 4 N–H and O–H groups in total. The van der Waals surface area contributed by atoms with E-state index in [4.69, 9.17) is 15.7 Å². The van der Waals surface area contributed by atoms with Crippen LogP contribution in [0.25, 0.3) is 0 Å². The molecule has 2 heterocycles. The van der Waals surface area contributed by atoms with Crippen molar-refractivity contribution < 1.29 is 14.9 Å². The summed E-state index contributed by atoms with van der Waals surface area (Å²) in [4.78, 5) is 14.4. The van der Waals surface area contributed by atoms with Gasteiger partial charge in [-0.15, -0.1) is 0 Å². The summed E-state index contributed by atoms with van der Waals surface area (Å²) in [6.07, 6.45) is 3.26. The smallest absolute Gasteiger partial charge is 0.312 e.